The molecular weight excluding hydrogens is 328 g/mol. The molecule has 8 heteroatoms. The number of carbonyl (C=O) groups is 1. The van der Waals surface area contributed by atoms with E-state index in [2.05, 4.69) is 0 Å². The summed E-state index contributed by atoms with van der Waals surface area (Å²) in [7, 11) is 0. The van der Waals surface area contributed by atoms with Crippen LogP contribution < -0.4 is 5.73 Å². The molecule has 2 unspecified atom stereocenters. The molecule has 1 saturated heterocycles. The zero-order valence-electron chi connectivity index (χ0n) is 10.9. The molecule has 1 aliphatic rings. The summed E-state index contributed by atoms with van der Waals surface area (Å²) in [4.78, 5) is 13.1. The monoisotopic (exact) mass is 342 g/mol. The summed E-state index contributed by atoms with van der Waals surface area (Å²) >= 11 is 5.88. The molecule has 2 N–H and O–H groups in total. The summed E-state index contributed by atoms with van der Waals surface area (Å²) in [5, 5.41) is 0.137. The highest BCUT2D eigenvalue weighted by Gasteiger charge is 2.47. The maximum absolute atomic E-state index is 13.0. The number of nitrogens with zero attached hydrogens (tertiary/aromatic N) is 1. The molecule has 1 aromatic rings. The average molecular weight is 343 g/mol. The van der Waals surface area contributed by atoms with Crippen LogP contribution in [0.1, 0.15) is 23.2 Å². The Bertz CT molecular complexity index is 510. The number of amides is 1. The largest absolute Gasteiger partial charge is 0.408 e. The van der Waals surface area contributed by atoms with Crippen LogP contribution in [0.15, 0.2) is 24.3 Å². The first-order valence-electron chi connectivity index (χ1n) is 6.18. The third kappa shape index (κ3) is 4.02. The van der Waals surface area contributed by atoms with Crippen LogP contribution in [-0.4, -0.2) is 35.6 Å². The van der Waals surface area contributed by atoms with E-state index in [0.29, 0.717) is 0 Å². The van der Waals surface area contributed by atoms with Crippen molar-refractivity contribution in [1.82, 2.24) is 4.90 Å². The van der Waals surface area contributed by atoms with Crippen LogP contribution in [0.4, 0.5) is 13.2 Å². The van der Waals surface area contributed by atoms with Crippen molar-refractivity contribution >= 4 is 29.9 Å². The molecule has 1 amide bonds. The van der Waals surface area contributed by atoms with E-state index in [4.69, 9.17) is 17.3 Å². The number of nitrogens with two attached hydrogens (primary N) is 1. The summed E-state index contributed by atoms with van der Waals surface area (Å²) < 4.78 is 39.1. The fourth-order valence-electron chi connectivity index (χ4n) is 2.35. The quantitative estimate of drug-likeness (QED) is 0.851. The van der Waals surface area contributed by atoms with E-state index in [9.17, 15) is 18.0 Å². The summed E-state index contributed by atoms with van der Waals surface area (Å²) in [5.41, 5.74) is 5.76. The highest BCUT2D eigenvalue weighted by molar-refractivity contribution is 6.33. The third-order valence-corrected chi connectivity index (χ3v) is 3.69. The molecule has 0 radical (unpaired) electrons. The van der Waals surface area contributed by atoms with Gasteiger partial charge in [-0.05, 0) is 25.0 Å². The van der Waals surface area contributed by atoms with Gasteiger partial charge in [-0.2, -0.15) is 13.2 Å². The molecule has 1 aliphatic heterocycles. The molecule has 0 aliphatic carbocycles. The number of hydrogen-bond donors (Lipinski definition) is 1. The van der Waals surface area contributed by atoms with Gasteiger partial charge in [-0.25, -0.2) is 0 Å². The van der Waals surface area contributed by atoms with Gasteiger partial charge in [0.15, 0.2) is 0 Å². The van der Waals surface area contributed by atoms with Gasteiger partial charge in [0.1, 0.15) is 6.04 Å². The lowest BCUT2D eigenvalue weighted by Gasteiger charge is -2.39. The molecule has 2 atom stereocenters. The third-order valence-electron chi connectivity index (χ3n) is 3.36. The molecule has 1 fully saturated rings. The van der Waals surface area contributed by atoms with Crippen LogP contribution in [0, 0.1) is 0 Å². The minimum absolute atomic E-state index is 0. The maximum Gasteiger partial charge on any atom is 0.408 e. The van der Waals surface area contributed by atoms with E-state index in [1.54, 1.807) is 12.1 Å². The van der Waals surface area contributed by atoms with Crippen molar-refractivity contribution in [1.29, 1.82) is 0 Å². The van der Waals surface area contributed by atoms with Crippen molar-refractivity contribution in [3.8, 4) is 0 Å². The summed E-state index contributed by atoms with van der Waals surface area (Å²) in [6.07, 6.45) is -4.39. The second-order valence-electron chi connectivity index (χ2n) is 4.83. The maximum atomic E-state index is 13.0. The van der Waals surface area contributed by atoms with Crippen molar-refractivity contribution < 1.29 is 18.0 Å². The number of hydrogen-bond acceptors (Lipinski definition) is 2. The lowest BCUT2D eigenvalue weighted by Crippen LogP contribution is -2.56. The predicted octanol–water partition coefficient (Wildman–Crippen LogP) is 3.26. The average Bonchev–Trinajstić information content (AvgIpc) is 2.37. The van der Waals surface area contributed by atoms with E-state index < -0.39 is 24.2 Å². The van der Waals surface area contributed by atoms with Crippen LogP contribution in [0.5, 0.6) is 0 Å². The minimum atomic E-state index is -4.46. The zero-order valence-corrected chi connectivity index (χ0v) is 12.5. The van der Waals surface area contributed by atoms with Gasteiger partial charge in [-0.1, -0.05) is 23.7 Å². The lowest BCUT2D eigenvalue weighted by atomic mass is 9.97. The molecular formula is C13H15Cl2F3N2O. The summed E-state index contributed by atoms with van der Waals surface area (Å²) in [6.45, 7) is -0.117. The van der Waals surface area contributed by atoms with Gasteiger partial charge < -0.3 is 10.6 Å². The van der Waals surface area contributed by atoms with E-state index in [0.717, 1.165) is 4.90 Å². The topological polar surface area (TPSA) is 46.3 Å². The normalized spacial score (nSPS) is 22.6. The summed E-state index contributed by atoms with van der Waals surface area (Å²) in [5.74, 6) is -0.729. The molecule has 1 heterocycles. The van der Waals surface area contributed by atoms with E-state index in [1.165, 1.54) is 12.1 Å². The van der Waals surface area contributed by atoms with Crippen LogP contribution in [0.3, 0.4) is 0 Å². The molecule has 2 rings (SSSR count). The molecule has 1 aromatic carbocycles. The van der Waals surface area contributed by atoms with E-state index in [-0.39, 0.29) is 42.4 Å². The molecule has 3 nitrogen and oxygen atoms in total. The Balaban J connectivity index is 0.00000220. The second kappa shape index (κ2) is 6.85. The Morgan fingerprint density at radius 3 is 2.48 bits per heavy atom. The van der Waals surface area contributed by atoms with Gasteiger partial charge >= 0.3 is 6.18 Å². The van der Waals surface area contributed by atoms with Gasteiger partial charge in [-0.15, -0.1) is 12.4 Å². The minimum Gasteiger partial charge on any atom is -0.326 e. The second-order valence-corrected chi connectivity index (χ2v) is 5.24. The Morgan fingerprint density at radius 1 is 1.29 bits per heavy atom. The predicted molar refractivity (Wildman–Crippen MR) is 76.8 cm³/mol. The van der Waals surface area contributed by atoms with Gasteiger partial charge in [0.2, 0.25) is 0 Å². The van der Waals surface area contributed by atoms with Crippen molar-refractivity contribution in [3.05, 3.63) is 34.9 Å². The van der Waals surface area contributed by atoms with Crippen LogP contribution >= 0.6 is 24.0 Å². The fourth-order valence-corrected chi connectivity index (χ4v) is 2.57. The first-order valence-corrected chi connectivity index (χ1v) is 6.56. The molecule has 0 bridgehead atoms. The highest BCUT2D eigenvalue weighted by atomic mass is 35.5. The van der Waals surface area contributed by atoms with Crippen molar-refractivity contribution in [2.75, 3.05) is 6.54 Å². The number of benzene rings is 1. The zero-order chi connectivity index (χ0) is 14.9. The Labute approximate surface area is 131 Å². The Kier molecular flexibility index (Phi) is 5.90. The van der Waals surface area contributed by atoms with Crippen molar-refractivity contribution in [2.45, 2.75) is 31.1 Å². The number of halogens is 5. The van der Waals surface area contributed by atoms with Crippen molar-refractivity contribution in [3.63, 3.8) is 0 Å². The molecule has 21 heavy (non-hydrogen) atoms. The standard InChI is InChI=1S/C13H14ClF3N2O.ClH/c14-10-4-2-1-3-9(10)12(20)19-7-8(18)5-6-11(19)13(15,16)17;/h1-4,8,11H,5-7,18H2;1H. The van der Waals surface area contributed by atoms with Crippen molar-refractivity contribution in [2.24, 2.45) is 5.73 Å². The first kappa shape index (κ1) is 18.1. The summed E-state index contributed by atoms with van der Waals surface area (Å²) in [6, 6.07) is 3.82. The smallest absolute Gasteiger partial charge is 0.326 e. The van der Waals surface area contributed by atoms with E-state index >= 15 is 0 Å². The van der Waals surface area contributed by atoms with Gasteiger partial charge in [0.05, 0.1) is 10.6 Å². The van der Waals surface area contributed by atoms with Gasteiger partial charge in [0.25, 0.3) is 5.91 Å². The first-order chi connectivity index (χ1) is 9.30. The van der Waals surface area contributed by atoms with Gasteiger partial charge in [-0.3, -0.25) is 4.79 Å². The van der Waals surface area contributed by atoms with Gasteiger partial charge in [0, 0.05) is 12.6 Å². The highest BCUT2D eigenvalue weighted by Crippen LogP contribution is 2.33. The molecule has 0 aromatic heterocycles. The fraction of sp³-hybridized carbons (Fsp3) is 0.462. The lowest BCUT2D eigenvalue weighted by molar-refractivity contribution is -0.184. The number of alkyl halides is 3. The van der Waals surface area contributed by atoms with Crippen LogP contribution in [0.2, 0.25) is 5.02 Å². The van der Waals surface area contributed by atoms with Crippen LogP contribution in [-0.2, 0) is 0 Å². The van der Waals surface area contributed by atoms with Crippen LogP contribution in [0.25, 0.3) is 0 Å². The Morgan fingerprint density at radius 2 is 1.90 bits per heavy atom. The number of carbonyl (C=O) groups excluding carboxylic acids is 1. The Hall–Kier alpha value is -0.980. The SMILES string of the molecule is Cl.NC1CCC(C(F)(F)F)N(C(=O)c2ccccc2Cl)C1. The molecule has 0 saturated carbocycles. The molecule has 118 valence electrons. The number of rotatable bonds is 1. The van der Waals surface area contributed by atoms with E-state index in [1.807, 2.05) is 0 Å². The number of piperidine rings is 1. The number of likely N-dealkylation sites (tertiary alicyclic amines) is 1. The molecule has 0 spiro atoms.